The molecular weight excluding hydrogens is 463 g/mol. The average Bonchev–Trinajstić information content (AvgIpc) is 3.19. The highest BCUT2D eigenvalue weighted by Crippen LogP contribution is 2.35. The zero-order chi connectivity index (χ0) is 23.1. The van der Waals surface area contributed by atoms with E-state index in [9.17, 15) is 9.90 Å². The van der Waals surface area contributed by atoms with E-state index < -0.39 is 5.97 Å². The van der Waals surface area contributed by atoms with Gasteiger partial charge >= 0.3 is 5.97 Å². The molecule has 5 aromatic rings. The summed E-state index contributed by atoms with van der Waals surface area (Å²) in [6.07, 6.45) is 0. The summed E-state index contributed by atoms with van der Waals surface area (Å²) in [6.45, 7) is 0. The Labute approximate surface area is 198 Å². The number of carboxylic acids is 1. The van der Waals surface area contributed by atoms with E-state index in [1.165, 1.54) is 12.1 Å². The van der Waals surface area contributed by atoms with Gasteiger partial charge in [0.15, 0.2) is 0 Å². The Kier molecular flexibility index (Phi) is 5.32. The lowest BCUT2D eigenvalue weighted by Gasteiger charge is -2.08. The van der Waals surface area contributed by atoms with Gasteiger partial charge in [0.1, 0.15) is 11.5 Å². The number of methoxy groups -OCH3 is 1. The number of hydrogen-bond acceptors (Lipinski definition) is 4. The fraction of sp³-hybridized carbons (Fsp3) is 0.0400. The van der Waals surface area contributed by atoms with Crippen LogP contribution in [0.4, 0.5) is 0 Å². The van der Waals surface area contributed by atoms with Crippen LogP contribution in [0.3, 0.4) is 0 Å². The molecule has 0 atom stereocenters. The van der Waals surface area contributed by atoms with E-state index in [0.29, 0.717) is 21.8 Å². The van der Waals surface area contributed by atoms with E-state index in [1.54, 1.807) is 19.2 Å². The Hall–Kier alpha value is -3.74. The van der Waals surface area contributed by atoms with Gasteiger partial charge in [-0.15, -0.1) is 0 Å². The van der Waals surface area contributed by atoms with Crippen LogP contribution in [0.15, 0.2) is 66.7 Å². The van der Waals surface area contributed by atoms with Gasteiger partial charge in [0, 0.05) is 5.56 Å². The number of aromatic carboxylic acids is 1. The largest absolute Gasteiger partial charge is 0.497 e. The number of carboxylic acid groups (broad SMARTS) is 1. The van der Waals surface area contributed by atoms with E-state index in [2.05, 4.69) is 16.0 Å². The summed E-state index contributed by atoms with van der Waals surface area (Å²) in [5.74, 6) is -0.0395. The first-order valence-corrected chi connectivity index (χ1v) is 10.6. The fourth-order valence-electron chi connectivity index (χ4n) is 3.64. The minimum atomic E-state index is -1.14. The van der Waals surface area contributed by atoms with Crippen LogP contribution in [0.5, 0.6) is 17.5 Å². The second kappa shape index (κ2) is 8.31. The minimum Gasteiger partial charge on any atom is -0.497 e. The fourth-order valence-corrected chi connectivity index (χ4v) is 4.11. The molecular formula is C25H16Cl2N2O4. The maximum absolute atomic E-state index is 11.3. The van der Waals surface area contributed by atoms with Crippen LogP contribution in [-0.4, -0.2) is 28.2 Å². The van der Waals surface area contributed by atoms with Crippen LogP contribution in [0.25, 0.3) is 32.9 Å². The van der Waals surface area contributed by atoms with Gasteiger partial charge in [-0.1, -0.05) is 41.4 Å². The Morgan fingerprint density at radius 3 is 2.45 bits per heavy atom. The molecule has 8 heteroatoms. The van der Waals surface area contributed by atoms with Gasteiger partial charge in [-0.3, -0.25) is 0 Å². The highest BCUT2D eigenvalue weighted by atomic mass is 35.5. The number of halogens is 2. The lowest BCUT2D eigenvalue weighted by atomic mass is 10.0. The predicted molar refractivity (Wildman–Crippen MR) is 129 cm³/mol. The van der Waals surface area contributed by atoms with Gasteiger partial charge in [-0.25, -0.2) is 4.79 Å². The Bertz CT molecular complexity index is 1550. The third kappa shape index (κ3) is 4.06. The number of hydrogen-bond donors (Lipinski definition) is 2. The molecule has 0 unspecified atom stereocenters. The molecule has 0 fully saturated rings. The molecule has 0 saturated heterocycles. The lowest BCUT2D eigenvalue weighted by molar-refractivity contribution is 0.0696. The van der Waals surface area contributed by atoms with Crippen LogP contribution in [0.1, 0.15) is 10.4 Å². The first kappa shape index (κ1) is 21.1. The molecule has 0 amide bonds. The number of ether oxygens (including phenoxy) is 2. The van der Waals surface area contributed by atoms with Crippen molar-refractivity contribution in [3.8, 4) is 28.6 Å². The summed E-state index contributed by atoms with van der Waals surface area (Å²) >= 11 is 12.5. The summed E-state index contributed by atoms with van der Waals surface area (Å²) in [5.41, 5.74) is 3.08. The molecule has 0 radical (unpaired) electrons. The molecule has 0 bridgehead atoms. The molecule has 0 spiro atoms. The third-order valence-corrected chi connectivity index (χ3v) is 5.93. The smallest absolute Gasteiger partial charge is 0.337 e. The molecule has 1 aromatic heterocycles. The van der Waals surface area contributed by atoms with Gasteiger partial charge < -0.3 is 19.6 Å². The number of imidazole rings is 1. The van der Waals surface area contributed by atoms with Crippen molar-refractivity contribution >= 4 is 51.0 Å². The van der Waals surface area contributed by atoms with E-state index in [1.807, 2.05) is 36.4 Å². The molecule has 5 rings (SSSR count). The normalized spacial score (nSPS) is 11.1. The maximum Gasteiger partial charge on any atom is 0.337 e. The van der Waals surface area contributed by atoms with Gasteiger partial charge in [0.25, 0.3) is 6.01 Å². The van der Waals surface area contributed by atoms with Crippen molar-refractivity contribution in [1.29, 1.82) is 0 Å². The van der Waals surface area contributed by atoms with Crippen molar-refractivity contribution in [2.75, 3.05) is 7.11 Å². The van der Waals surface area contributed by atoms with Gasteiger partial charge in [0.05, 0.1) is 33.8 Å². The molecule has 0 aliphatic heterocycles. The molecule has 33 heavy (non-hydrogen) atoms. The van der Waals surface area contributed by atoms with Gasteiger partial charge in [0.2, 0.25) is 0 Å². The van der Waals surface area contributed by atoms with Crippen LogP contribution >= 0.6 is 23.2 Å². The molecule has 0 aliphatic rings. The van der Waals surface area contributed by atoms with Gasteiger partial charge in [-0.05, 0) is 64.9 Å². The number of benzene rings is 4. The first-order valence-electron chi connectivity index (χ1n) is 9.89. The summed E-state index contributed by atoms with van der Waals surface area (Å²) < 4.78 is 11.0. The summed E-state index contributed by atoms with van der Waals surface area (Å²) in [4.78, 5) is 18.8. The van der Waals surface area contributed by atoms with E-state index in [0.717, 1.165) is 27.6 Å². The molecule has 2 N–H and O–H groups in total. The van der Waals surface area contributed by atoms with Crippen molar-refractivity contribution in [1.82, 2.24) is 9.97 Å². The standard InChI is InChI=1S/C25H16Cl2N2O4/c1-32-16-5-4-13-8-15(3-2-14(13)9-16)18-11-22-23(12-21(18)27)29-25(28-22)33-17-6-7-20(26)19(10-17)24(30)31/h2-12H,1H3,(H,28,29)(H,30,31). The van der Waals surface area contributed by atoms with Crippen LogP contribution in [0, 0.1) is 0 Å². The Balaban J connectivity index is 1.50. The van der Waals surface area contributed by atoms with E-state index in [-0.39, 0.29) is 16.6 Å². The first-order chi connectivity index (χ1) is 15.9. The predicted octanol–water partition coefficient (Wildman–Crippen LogP) is 7.19. The number of H-pyrrole nitrogens is 1. The van der Waals surface area contributed by atoms with Crippen molar-refractivity contribution in [2.24, 2.45) is 0 Å². The van der Waals surface area contributed by atoms with Crippen molar-refractivity contribution in [3.05, 3.63) is 82.3 Å². The quantitative estimate of drug-likeness (QED) is 0.279. The SMILES string of the molecule is COc1ccc2cc(-c3cc4nc(Oc5ccc(Cl)c(C(=O)O)c5)[nH]c4cc3Cl)ccc2c1. The number of aromatic nitrogens is 2. The summed E-state index contributed by atoms with van der Waals surface area (Å²) in [7, 11) is 1.64. The third-order valence-electron chi connectivity index (χ3n) is 5.29. The Morgan fingerprint density at radius 2 is 1.67 bits per heavy atom. The van der Waals surface area contributed by atoms with Crippen molar-refractivity contribution < 1.29 is 19.4 Å². The van der Waals surface area contributed by atoms with Crippen molar-refractivity contribution in [2.45, 2.75) is 0 Å². The zero-order valence-corrected chi connectivity index (χ0v) is 18.7. The van der Waals surface area contributed by atoms with Crippen LogP contribution in [0.2, 0.25) is 10.0 Å². The number of fused-ring (bicyclic) bond motifs is 2. The van der Waals surface area contributed by atoms with Gasteiger partial charge in [-0.2, -0.15) is 4.98 Å². The minimum absolute atomic E-state index is 0.0514. The second-order valence-corrected chi connectivity index (χ2v) is 8.18. The van der Waals surface area contributed by atoms with Crippen molar-refractivity contribution in [3.63, 3.8) is 0 Å². The second-order valence-electron chi connectivity index (χ2n) is 7.37. The molecule has 6 nitrogen and oxygen atoms in total. The molecule has 1 heterocycles. The number of nitrogens with zero attached hydrogens (tertiary/aromatic N) is 1. The number of aromatic amines is 1. The van der Waals surface area contributed by atoms with Crippen LogP contribution in [-0.2, 0) is 0 Å². The summed E-state index contributed by atoms with van der Waals surface area (Å²) in [5, 5.41) is 12.1. The maximum atomic E-state index is 11.3. The highest BCUT2D eigenvalue weighted by Gasteiger charge is 2.14. The highest BCUT2D eigenvalue weighted by molar-refractivity contribution is 6.34. The molecule has 4 aromatic carbocycles. The topological polar surface area (TPSA) is 84.4 Å². The van der Waals surface area contributed by atoms with E-state index >= 15 is 0 Å². The van der Waals surface area contributed by atoms with Crippen LogP contribution < -0.4 is 9.47 Å². The number of nitrogens with one attached hydrogen (secondary N) is 1. The molecule has 164 valence electrons. The molecule has 0 saturated carbocycles. The monoisotopic (exact) mass is 478 g/mol. The summed E-state index contributed by atoms with van der Waals surface area (Å²) in [6, 6.07) is 20.3. The number of rotatable bonds is 5. The average molecular weight is 479 g/mol. The Morgan fingerprint density at radius 1 is 0.909 bits per heavy atom. The zero-order valence-electron chi connectivity index (χ0n) is 17.2. The molecule has 0 aliphatic carbocycles. The number of carbonyl (C=O) groups is 1. The van der Waals surface area contributed by atoms with E-state index in [4.69, 9.17) is 32.7 Å². The lowest BCUT2D eigenvalue weighted by Crippen LogP contribution is -1.98.